The van der Waals surface area contributed by atoms with Gasteiger partial charge in [0.15, 0.2) is 0 Å². The van der Waals surface area contributed by atoms with Crippen molar-refractivity contribution in [1.29, 1.82) is 0 Å². The van der Waals surface area contributed by atoms with Crippen molar-refractivity contribution in [3.63, 3.8) is 0 Å². The maximum Gasteiger partial charge on any atom is 0.120 e. The van der Waals surface area contributed by atoms with Crippen molar-refractivity contribution in [3.05, 3.63) is 64.2 Å². The third kappa shape index (κ3) is 3.53. The van der Waals surface area contributed by atoms with Gasteiger partial charge in [0.1, 0.15) is 5.75 Å². The molecule has 2 aromatic rings. The van der Waals surface area contributed by atoms with E-state index in [2.05, 4.69) is 19.2 Å². The summed E-state index contributed by atoms with van der Waals surface area (Å²) in [5, 5.41) is 14.3. The smallest absolute Gasteiger partial charge is 0.120 e. The first kappa shape index (κ1) is 14.9. The van der Waals surface area contributed by atoms with Gasteiger partial charge in [-0.2, -0.15) is 0 Å². The molecule has 0 aliphatic rings. The van der Waals surface area contributed by atoms with Gasteiger partial charge in [-0.3, -0.25) is 0 Å². The van der Waals surface area contributed by atoms with Gasteiger partial charge in [0, 0.05) is 22.7 Å². The zero-order chi connectivity index (χ0) is 14.7. The molecule has 0 aliphatic heterocycles. The van der Waals surface area contributed by atoms with Crippen LogP contribution < -0.4 is 5.32 Å². The highest BCUT2D eigenvalue weighted by Crippen LogP contribution is 2.27. The van der Waals surface area contributed by atoms with E-state index in [-0.39, 0.29) is 12.1 Å². The second-order valence-corrected chi connectivity index (χ2v) is 5.66. The Labute approximate surface area is 125 Å². The van der Waals surface area contributed by atoms with E-state index in [1.54, 1.807) is 6.07 Å². The van der Waals surface area contributed by atoms with Crippen LogP contribution in [0.3, 0.4) is 0 Å². The highest BCUT2D eigenvalue weighted by Gasteiger charge is 2.14. The maximum atomic E-state index is 10.0. The van der Waals surface area contributed by atoms with Crippen LogP contribution >= 0.6 is 11.6 Å². The van der Waals surface area contributed by atoms with Crippen LogP contribution in [-0.4, -0.2) is 5.11 Å². The first-order chi connectivity index (χ1) is 9.47. The zero-order valence-electron chi connectivity index (χ0n) is 12.0. The Morgan fingerprint density at radius 1 is 1.00 bits per heavy atom. The first-order valence-corrected chi connectivity index (χ1v) is 7.16. The topological polar surface area (TPSA) is 32.3 Å². The van der Waals surface area contributed by atoms with Gasteiger partial charge >= 0.3 is 0 Å². The third-order valence-electron chi connectivity index (χ3n) is 3.52. The lowest BCUT2D eigenvalue weighted by Crippen LogP contribution is -2.22. The molecule has 20 heavy (non-hydrogen) atoms. The molecular weight excluding hydrogens is 270 g/mol. The number of hydrogen-bond donors (Lipinski definition) is 2. The Morgan fingerprint density at radius 2 is 1.65 bits per heavy atom. The average Bonchev–Trinajstić information content (AvgIpc) is 2.39. The highest BCUT2D eigenvalue weighted by molar-refractivity contribution is 6.30. The number of hydrogen-bond acceptors (Lipinski definition) is 2. The molecule has 0 heterocycles. The van der Waals surface area contributed by atoms with E-state index in [0.717, 1.165) is 16.1 Å². The molecule has 3 heteroatoms. The number of halogens is 1. The van der Waals surface area contributed by atoms with Crippen molar-refractivity contribution in [2.75, 3.05) is 0 Å². The van der Waals surface area contributed by atoms with E-state index in [4.69, 9.17) is 11.6 Å². The quantitative estimate of drug-likeness (QED) is 0.850. The molecule has 0 amide bonds. The molecular formula is C17H20ClNO. The molecule has 0 spiro atoms. The first-order valence-electron chi connectivity index (χ1n) is 6.78. The van der Waals surface area contributed by atoms with Gasteiger partial charge in [0.25, 0.3) is 0 Å². The van der Waals surface area contributed by atoms with Gasteiger partial charge in [-0.05, 0) is 50.1 Å². The van der Waals surface area contributed by atoms with E-state index in [1.807, 2.05) is 43.3 Å². The van der Waals surface area contributed by atoms with Crippen LogP contribution in [-0.2, 0) is 0 Å². The van der Waals surface area contributed by atoms with E-state index in [0.29, 0.717) is 5.75 Å². The van der Waals surface area contributed by atoms with Gasteiger partial charge in [-0.1, -0.05) is 35.9 Å². The lowest BCUT2D eigenvalue weighted by Gasteiger charge is -2.21. The molecule has 2 nitrogen and oxygen atoms in total. The van der Waals surface area contributed by atoms with E-state index >= 15 is 0 Å². The molecule has 2 N–H and O–H groups in total. The molecule has 0 saturated carbocycles. The Morgan fingerprint density at radius 3 is 2.25 bits per heavy atom. The lowest BCUT2D eigenvalue weighted by atomic mass is 10.0. The van der Waals surface area contributed by atoms with Gasteiger partial charge in [0.2, 0.25) is 0 Å². The Hall–Kier alpha value is -1.51. The van der Waals surface area contributed by atoms with Gasteiger partial charge < -0.3 is 10.4 Å². The van der Waals surface area contributed by atoms with Crippen LogP contribution in [0.15, 0.2) is 42.5 Å². The van der Waals surface area contributed by atoms with Crippen molar-refractivity contribution in [2.45, 2.75) is 32.9 Å². The molecule has 1 unspecified atom stereocenters. The normalized spacial score (nSPS) is 14.0. The van der Waals surface area contributed by atoms with E-state index in [9.17, 15) is 5.11 Å². The van der Waals surface area contributed by atoms with Gasteiger partial charge in [0.05, 0.1) is 0 Å². The molecule has 0 bridgehead atoms. The Balaban J connectivity index is 2.10. The van der Waals surface area contributed by atoms with Crippen LogP contribution in [0, 0.1) is 6.92 Å². The second kappa shape index (κ2) is 6.29. The lowest BCUT2D eigenvalue weighted by molar-refractivity contribution is 0.438. The standard InChI is InChI=1S/C17H20ClNO/c1-11-4-9-16(17(20)10-11)13(3)19-12(2)14-5-7-15(18)8-6-14/h4-10,12-13,19-20H,1-3H3/t12-,13?/m0/s1. The fourth-order valence-electron chi connectivity index (χ4n) is 2.33. The molecule has 0 saturated heterocycles. The fourth-order valence-corrected chi connectivity index (χ4v) is 2.46. The molecule has 0 radical (unpaired) electrons. The molecule has 2 aromatic carbocycles. The minimum Gasteiger partial charge on any atom is -0.508 e. The van der Waals surface area contributed by atoms with E-state index in [1.165, 1.54) is 5.56 Å². The van der Waals surface area contributed by atoms with Crippen molar-refractivity contribution >= 4 is 11.6 Å². The minimum absolute atomic E-state index is 0.0706. The molecule has 106 valence electrons. The minimum atomic E-state index is 0.0706. The average molecular weight is 290 g/mol. The maximum absolute atomic E-state index is 10.0. The number of aryl methyl sites for hydroxylation is 1. The fraction of sp³-hybridized carbons (Fsp3) is 0.294. The molecule has 2 rings (SSSR count). The van der Waals surface area contributed by atoms with Crippen molar-refractivity contribution < 1.29 is 5.11 Å². The van der Waals surface area contributed by atoms with Crippen LogP contribution in [0.25, 0.3) is 0 Å². The predicted octanol–water partition coefficient (Wildman–Crippen LogP) is 4.77. The predicted molar refractivity (Wildman–Crippen MR) is 84.3 cm³/mol. The van der Waals surface area contributed by atoms with Crippen LogP contribution in [0.5, 0.6) is 5.75 Å². The second-order valence-electron chi connectivity index (χ2n) is 5.22. The summed E-state index contributed by atoms with van der Waals surface area (Å²) in [5.41, 5.74) is 3.15. The summed E-state index contributed by atoms with van der Waals surface area (Å²) in [4.78, 5) is 0. The number of rotatable bonds is 4. The number of aromatic hydroxyl groups is 1. The summed E-state index contributed by atoms with van der Waals surface area (Å²) in [6, 6.07) is 13.8. The van der Waals surface area contributed by atoms with Crippen molar-refractivity contribution in [2.24, 2.45) is 0 Å². The van der Waals surface area contributed by atoms with Crippen LogP contribution in [0.2, 0.25) is 5.02 Å². The van der Waals surface area contributed by atoms with Gasteiger partial charge in [-0.15, -0.1) is 0 Å². The number of nitrogens with one attached hydrogen (secondary N) is 1. The summed E-state index contributed by atoms with van der Waals surface area (Å²) in [6.45, 7) is 6.12. The molecule has 0 fully saturated rings. The highest BCUT2D eigenvalue weighted by atomic mass is 35.5. The molecule has 0 aromatic heterocycles. The third-order valence-corrected chi connectivity index (χ3v) is 3.77. The summed E-state index contributed by atoms with van der Waals surface area (Å²) < 4.78 is 0. The summed E-state index contributed by atoms with van der Waals surface area (Å²) in [6.07, 6.45) is 0. The Kier molecular flexibility index (Phi) is 4.69. The summed E-state index contributed by atoms with van der Waals surface area (Å²) in [7, 11) is 0. The molecule has 2 atom stereocenters. The SMILES string of the molecule is Cc1ccc(C(C)N[C@@H](C)c2ccc(Cl)cc2)c(O)c1. The monoisotopic (exact) mass is 289 g/mol. The largest absolute Gasteiger partial charge is 0.508 e. The summed E-state index contributed by atoms with van der Waals surface area (Å²) >= 11 is 5.90. The zero-order valence-corrected chi connectivity index (χ0v) is 12.8. The Bertz CT molecular complexity index is 580. The van der Waals surface area contributed by atoms with E-state index < -0.39 is 0 Å². The summed E-state index contributed by atoms with van der Waals surface area (Å²) in [5.74, 6) is 0.341. The number of benzene rings is 2. The van der Waals surface area contributed by atoms with Crippen molar-refractivity contribution in [1.82, 2.24) is 5.32 Å². The number of phenols is 1. The van der Waals surface area contributed by atoms with Crippen LogP contribution in [0.4, 0.5) is 0 Å². The molecule has 0 aliphatic carbocycles. The van der Waals surface area contributed by atoms with Crippen molar-refractivity contribution in [3.8, 4) is 5.75 Å². The van der Waals surface area contributed by atoms with Gasteiger partial charge in [-0.25, -0.2) is 0 Å². The number of phenolic OH excluding ortho intramolecular Hbond substituents is 1. The van der Waals surface area contributed by atoms with Crippen LogP contribution in [0.1, 0.15) is 42.6 Å².